The van der Waals surface area contributed by atoms with Crippen molar-refractivity contribution in [2.45, 2.75) is 45.8 Å². The lowest BCUT2D eigenvalue weighted by Crippen LogP contribution is -2.38. The lowest BCUT2D eigenvalue weighted by Gasteiger charge is -2.34. The maximum absolute atomic E-state index is 11.5. The number of benzene rings is 2. The fraction of sp³-hybridized carbons (Fsp3) is 0.458. The van der Waals surface area contributed by atoms with Crippen molar-refractivity contribution in [3.63, 3.8) is 0 Å². The van der Waals surface area contributed by atoms with Crippen molar-refractivity contribution < 1.29 is 14.3 Å². The van der Waals surface area contributed by atoms with Gasteiger partial charge in [-0.15, -0.1) is 0 Å². The average Bonchev–Trinajstić information content (AvgIpc) is 2.73. The minimum absolute atomic E-state index is 0. The number of hydrogen-bond donors (Lipinski definition) is 0. The van der Waals surface area contributed by atoms with Gasteiger partial charge in [0.2, 0.25) is 0 Å². The van der Waals surface area contributed by atoms with E-state index in [4.69, 9.17) is 9.47 Å². The summed E-state index contributed by atoms with van der Waals surface area (Å²) in [6.07, 6.45) is 2.63. The molecule has 0 aromatic heterocycles. The highest BCUT2D eigenvalue weighted by molar-refractivity contribution is 5.69. The highest BCUT2D eigenvalue weighted by Crippen LogP contribution is 2.29. The summed E-state index contributed by atoms with van der Waals surface area (Å²) in [5.41, 5.74) is 2.38. The molecule has 0 saturated carbocycles. The van der Waals surface area contributed by atoms with E-state index in [1.807, 2.05) is 19.1 Å². The molecule has 1 aliphatic rings. The van der Waals surface area contributed by atoms with E-state index in [-0.39, 0.29) is 25.6 Å². The molecular weight excluding hydrogens is 350 g/mol. The van der Waals surface area contributed by atoms with Crippen LogP contribution in [0.5, 0.6) is 0 Å². The quantitative estimate of drug-likeness (QED) is 0.611. The molecular formula is C24H33NO3. The van der Waals surface area contributed by atoms with Gasteiger partial charge in [-0.1, -0.05) is 68.1 Å². The molecule has 0 radical (unpaired) electrons. The first kappa shape index (κ1) is 22.1. The summed E-state index contributed by atoms with van der Waals surface area (Å²) < 4.78 is 11.6. The second-order valence-corrected chi connectivity index (χ2v) is 6.93. The van der Waals surface area contributed by atoms with E-state index in [2.05, 4.69) is 53.4 Å². The third-order valence-electron chi connectivity index (χ3n) is 5.01. The Balaban J connectivity index is 0.00000280. The van der Waals surface area contributed by atoms with E-state index in [9.17, 15) is 4.79 Å². The van der Waals surface area contributed by atoms with Gasteiger partial charge < -0.3 is 14.4 Å². The number of hydrogen-bond acceptors (Lipinski definition) is 4. The molecule has 28 heavy (non-hydrogen) atoms. The first-order valence-electron chi connectivity index (χ1n) is 9.89. The number of ether oxygens (including phenoxy) is 2. The van der Waals surface area contributed by atoms with Crippen molar-refractivity contribution in [3.05, 3.63) is 71.8 Å². The Morgan fingerprint density at radius 1 is 1.00 bits per heavy atom. The summed E-state index contributed by atoms with van der Waals surface area (Å²) in [7, 11) is 0. The highest BCUT2D eigenvalue weighted by atomic mass is 16.5. The predicted octanol–water partition coefficient (Wildman–Crippen LogP) is 4.85. The smallest absolute Gasteiger partial charge is 0.307 e. The second-order valence-electron chi connectivity index (χ2n) is 6.93. The lowest BCUT2D eigenvalue weighted by molar-refractivity contribution is -0.143. The van der Waals surface area contributed by atoms with Crippen LogP contribution in [0.15, 0.2) is 60.7 Å². The van der Waals surface area contributed by atoms with Crippen LogP contribution in [0.2, 0.25) is 0 Å². The van der Waals surface area contributed by atoms with Gasteiger partial charge in [0.05, 0.1) is 19.1 Å². The van der Waals surface area contributed by atoms with Crippen molar-refractivity contribution in [3.8, 4) is 0 Å². The number of likely N-dealkylation sites (tertiary alicyclic amines) is 1. The van der Waals surface area contributed by atoms with Crippen LogP contribution in [0.1, 0.15) is 50.8 Å². The number of carbonyl (C=O) groups is 1. The molecule has 0 spiro atoms. The fourth-order valence-corrected chi connectivity index (χ4v) is 3.55. The zero-order valence-electron chi connectivity index (χ0n) is 16.0. The average molecular weight is 384 g/mol. The lowest BCUT2D eigenvalue weighted by atomic mass is 10.00. The molecule has 1 fully saturated rings. The molecule has 0 amide bonds. The molecule has 0 unspecified atom stereocenters. The molecule has 3 rings (SSSR count). The summed E-state index contributed by atoms with van der Waals surface area (Å²) in [5.74, 6) is -0.107. The van der Waals surface area contributed by atoms with Crippen LogP contribution >= 0.6 is 0 Å². The number of piperidine rings is 1. The molecule has 4 nitrogen and oxygen atoms in total. The molecule has 1 aliphatic heterocycles. The van der Waals surface area contributed by atoms with Crippen molar-refractivity contribution in [1.82, 2.24) is 4.90 Å². The van der Waals surface area contributed by atoms with Crippen LogP contribution in [0.3, 0.4) is 0 Å². The van der Waals surface area contributed by atoms with Gasteiger partial charge in [0.25, 0.3) is 0 Å². The Labute approximate surface area is 169 Å². The summed E-state index contributed by atoms with van der Waals surface area (Å²) in [4.78, 5) is 13.9. The standard InChI is InChI=1S/C23H29NO3.CH4/c1-2-26-22(25)15-18-24-16-13-21(14-17-24)27-23(19-9-5-3-6-10-19)20-11-7-4-8-12-20;/h3-12,21,23H,2,13-18H2,1H3;1H4. The first-order chi connectivity index (χ1) is 13.3. The molecule has 2 aromatic rings. The third-order valence-corrected chi connectivity index (χ3v) is 5.01. The molecule has 4 heteroatoms. The summed E-state index contributed by atoms with van der Waals surface area (Å²) in [5, 5.41) is 0. The van der Waals surface area contributed by atoms with Gasteiger partial charge in [-0.2, -0.15) is 0 Å². The van der Waals surface area contributed by atoms with E-state index >= 15 is 0 Å². The van der Waals surface area contributed by atoms with Gasteiger partial charge in [-0.05, 0) is 30.9 Å². The Kier molecular flexibility index (Phi) is 9.18. The maximum Gasteiger partial charge on any atom is 0.307 e. The SMILES string of the molecule is C.CCOC(=O)CCN1CCC(OC(c2ccccc2)c2ccccc2)CC1. The van der Waals surface area contributed by atoms with Gasteiger partial charge in [0, 0.05) is 19.6 Å². The van der Waals surface area contributed by atoms with Gasteiger partial charge in [0.1, 0.15) is 6.10 Å². The van der Waals surface area contributed by atoms with Gasteiger partial charge >= 0.3 is 5.97 Å². The van der Waals surface area contributed by atoms with Crippen molar-refractivity contribution in [2.75, 3.05) is 26.2 Å². The van der Waals surface area contributed by atoms with Crippen LogP contribution in [-0.2, 0) is 14.3 Å². The van der Waals surface area contributed by atoms with Gasteiger partial charge in [0.15, 0.2) is 0 Å². The summed E-state index contributed by atoms with van der Waals surface area (Å²) >= 11 is 0. The largest absolute Gasteiger partial charge is 0.466 e. The number of nitrogens with zero attached hydrogens (tertiary/aromatic N) is 1. The number of carbonyl (C=O) groups excluding carboxylic acids is 1. The molecule has 0 N–H and O–H groups in total. The Bertz CT molecular complexity index is 642. The van der Waals surface area contributed by atoms with Crippen molar-refractivity contribution >= 4 is 5.97 Å². The second kappa shape index (κ2) is 11.6. The minimum Gasteiger partial charge on any atom is -0.466 e. The van der Waals surface area contributed by atoms with Crippen LogP contribution in [0.4, 0.5) is 0 Å². The minimum atomic E-state index is -0.107. The monoisotopic (exact) mass is 383 g/mol. The van der Waals surface area contributed by atoms with E-state index < -0.39 is 0 Å². The predicted molar refractivity (Wildman–Crippen MR) is 113 cm³/mol. The van der Waals surface area contributed by atoms with E-state index in [1.165, 1.54) is 11.1 Å². The zero-order chi connectivity index (χ0) is 18.9. The summed E-state index contributed by atoms with van der Waals surface area (Å²) in [6, 6.07) is 20.8. The topological polar surface area (TPSA) is 38.8 Å². The zero-order valence-corrected chi connectivity index (χ0v) is 16.0. The molecule has 152 valence electrons. The molecule has 2 aromatic carbocycles. The maximum atomic E-state index is 11.5. The van der Waals surface area contributed by atoms with E-state index in [0.717, 1.165) is 32.5 Å². The molecule has 0 bridgehead atoms. The third kappa shape index (κ3) is 6.47. The molecule has 0 aliphatic carbocycles. The van der Waals surface area contributed by atoms with Crippen LogP contribution in [-0.4, -0.2) is 43.2 Å². The Morgan fingerprint density at radius 3 is 2.04 bits per heavy atom. The highest BCUT2D eigenvalue weighted by Gasteiger charge is 2.24. The van der Waals surface area contributed by atoms with Crippen molar-refractivity contribution in [1.29, 1.82) is 0 Å². The Morgan fingerprint density at radius 2 is 1.54 bits per heavy atom. The summed E-state index contributed by atoms with van der Waals surface area (Å²) in [6.45, 7) is 4.98. The Hall–Kier alpha value is -2.17. The molecule has 0 atom stereocenters. The van der Waals surface area contributed by atoms with Crippen LogP contribution in [0, 0.1) is 0 Å². The van der Waals surface area contributed by atoms with Gasteiger partial charge in [-0.3, -0.25) is 4.79 Å². The van der Waals surface area contributed by atoms with Crippen LogP contribution in [0.25, 0.3) is 0 Å². The van der Waals surface area contributed by atoms with Crippen LogP contribution < -0.4 is 0 Å². The van der Waals surface area contributed by atoms with E-state index in [0.29, 0.717) is 13.0 Å². The van der Waals surface area contributed by atoms with Gasteiger partial charge in [-0.25, -0.2) is 0 Å². The molecule has 1 saturated heterocycles. The fourth-order valence-electron chi connectivity index (χ4n) is 3.55. The van der Waals surface area contributed by atoms with E-state index in [1.54, 1.807) is 0 Å². The number of rotatable bonds is 8. The number of esters is 1. The van der Waals surface area contributed by atoms with Crippen molar-refractivity contribution in [2.24, 2.45) is 0 Å². The first-order valence-corrected chi connectivity index (χ1v) is 9.89. The normalized spacial score (nSPS) is 15.2. The molecule has 1 heterocycles.